The molecule has 0 radical (unpaired) electrons. The fourth-order valence-corrected chi connectivity index (χ4v) is 5.47. The highest BCUT2D eigenvalue weighted by Crippen LogP contribution is 2.24. The van der Waals surface area contributed by atoms with E-state index in [4.69, 9.17) is 4.74 Å². The van der Waals surface area contributed by atoms with Gasteiger partial charge in [-0.3, -0.25) is 14.7 Å². The van der Waals surface area contributed by atoms with E-state index in [1.165, 1.54) is 56.4 Å². The van der Waals surface area contributed by atoms with Crippen LogP contribution in [0.2, 0.25) is 0 Å². The lowest BCUT2D eigenvalue weighted by molar-refractivity contribution is -0.0635. The minimum atomic E-state index is -3.20. The van der Waals surface area contributed by atoms with Gasteiger partial charge in [0.05, 0.1) is 33.7 Å². The van der Waals surface area contributed by atoms with Gasteiger partial charge in [0.2, 0.25) is 0 Å². The molecule has 4 rings (SSSR count). The summed E-state index contributed by atoms with van der Waals surface area (Å²) in [6.07, 6.45) is 10.1. The number of nitrogens with zero attached hydrogens (tertiary/aromatic N) is 2. The third-order valence-corrected chi connectivity index (χ3v) is 8.41. The summed E-state index contributed by atoms with van der Waals surface area (Å²) < 4.78 is 29.0. The van der Waals surface area contributed by atoms with Gasteiger partial charge in [0, 0.05) is 26.6 Å². The molecule has 1 aliphatic rings. The highest BCUT2D eigenvalue weighted by Gasteiger charge is 2.23. The number of fused-ring (bicyclic) bond motifs is 1. The number of amides is 1. The summed E-state index contributed by atoms with van der Waals surface area (Å²) in [5.74, 6) is -0.154. The number of unbranched alkanes of at least 4 members (excludes halogenated alkanes) is 3. The molecule has 1 saturated heterocycles. The van der Waals surface area contributed by atoms with Gasteiger partial charge in [-0.25, -0.2) is 8.42 Å². The average molecular weight is 534 g/mol. The lowest BCUT2D eigenvalue weighted by Gasteiger charge is -2.36. The second-order valence-electron chi connectivity index (χ2n) is 9.00. The molecule has 0 unspecified atom stereocenters. The minimum absolute atomic E-state index is 0. The number of carbonyl (C=O) groups is 1. The third-order valence-electron chi connectivity index (χ3n) is 6.19. The molecule has 3 aromatic rings. The lowest BCUT2D eigenvalue weighted by atomic mass is 10.1. The molecule has 0 atom stereocenters. The maximum absolute atomic E-state index is 12.2. The molecule has 0 bridgehead atoms. The van der Waals surface area contributed by atoms with Crippen LogP contribution in [0.5, 0.6) is 0 Å². The van der Waals surface area contributed by atoms with Crippen molar-refractivity contribution in [2.75, 3.05) is 32.6 Å². The van der Waals surface area contributed by atoms with Crippen LogP contribution in [0.1, 0.15) is 56.2 Å². The quantitative estimate of drug-likeness (QED) is 0.343. The van der Waals surface area contributed by atoms with Crippen molar-refractivity contribution in [3.05, 3.63) is 59.2 Å². The van der Waals surface area contributed by atoms with Gasteiger partial charge in [0.25, 0.3) is 5.91 Å². The Bertz CT molecular complexity index is 1180. The molecule has 36 heavy (non-hydrogen) atoms. The van der Waals surface area contributed by atoms with E-state index in [0.29, 0.717) is 11.4 Å². The molecular weight excluding hydrogens is 494 g/mol. The van der Waals surface area contributed by atoms with Crippen molar-refractivity contribution in [3.8, 4) is 0 Å². The molecule has 0 spiro atoms. The molecule has 0 saturated carbocycles. The summed E-state index contributed by atoms with van der Waals surface area (Å²) >= 11 is 1.39. The zero-order valence-corrected chi connectivity index (χ0v) is 23.0. The Morgan fingerprint density at radius 2 is 1.92 bits per heavy atom. The van der Waals surface area contributed by atoms with Crippen molar-refractivity contribution in [1.29, 1.82) is 0 Å². The summed E-state index contributed by atoms with van der Waals surface area (Å²) in [5, 5.41) is 3.83. The number of thiophene rings is 1. The fraction of sp³-hybridized carbons (Fsp3) is 0.481. The van der Waals surface area contributed by atoms with Crippen molar-refractivity contribution in [1.82, 2.24) is 15.2 Å². The van der Waals surface area contributed by atoms with Crippen molar-refractivity contribution >= 4 is 37.2 Å². The lowest BCUT2D eigenvalue weighted by Crippen LogP contribution is -2.49. The van der Waals surface area contributed by atoms with Gasteiger partial charge in [-0.15, -0.1) is 11.3 Å². The number of hydrogen-bond acceptors (Lipinski definition) is 7. The third kappa shape index (κ3) is 8.37. The van der Waals surface area contributed by atoms with E-state index in [9.17, 15) is 13.2 Å². The molecule has 1 amide bonds. The van der Waals surface area contributed by atoms with Crippen LogP contribution in [0.15, 0.2) is 53.7 Å². The first-order chi connectivity index (χ1) is 17.3. The number of pyridine rings is 1. The van der Waals surface area contributed by atoms with Gasteiger partial charge in [0.1, 0.15) is 0 Å². The molecule has 7 nitrogen and oxygen atoms in total. The second kappa shape index (κ2) is 13.8. The smallest absolute Gasteiger partial charge is 0.261 e. The maximum atomic E-state index is 12.2. The van der Waals surface area contributed by atoms with Crippen molar-refractivity contribution < 1.29 is 19.4 Å². The van der Waals surface area contributed by atoms with Gasteiger partial charge in [-0.05, 0) is 54.7 Å². The highest BCUT2D eigenvalue weighted by atomic mass is 32.2. The largest absolute Gasteiger partial charge is 0.378 e. The van der Waals surface area contributed by atoms with E-state index >= 15 is 0 Å². The van der Waals surface area contributed by atoms with Crippen LogP contribution >= 0.6 is 11.3 Å². The Kier molecular flexibility index (Phi) is 10.9. The van der Waals surface area contributed by atoms with Gasteiger partial charge >= 0.3 is 0 Å². The Balaban J connectivity index is 0.000000295. The number of ether oxygens (including phenoxy) is 1. The van der Waals surface area contributed by atoms with E-state index < -0.39 is 9.84 Å². The number of sulfone groups is 1. The Morgan fingerprint density at radius 1 is 1.17 bits per heavy atom. The van der Waals surface area contributed by atoms with Crippen molar-refractivity contribution in [2.24, 2.45) is 0 Å². The van der Waals surface area contributed by atoms with E-state index in [2.05, 4.69) is 29.0 Å². The number of nitrogens with one attached hydrogen (secondary N) is 1. The van der Waals surface area contributed by atoms with Crippen LogP contribution in [0.25, 0.3) is 10.1 Å². The molecular formula is C27H39N3O4S2. The summed E-state index contributed by atoms with van der Waals surface area (Å²) in [6, 6.07) is 10.9. The molecule has 1 fully saturated rings. The van der Waals surface area contributed by atoms with E-state index in [0.717, 1.165) is 34.9 Å². The zero-order valence-electron chi connectivity index (χ0n) is 21.4. The number of aromatic nitrogens is 1. The first kappa shape index (κ1) is 28.2. The van der Waals surface area contributed by atoms with E-state index in [1.807, 2.05) is 12.1 Å². The van der Waals surface area contributed by atoms with Gasteiger partial charge in [-0.2, -0.15) is 0 Å². The van der Waals surface area contributed by atoms with Crippen LogP contribution in [-0.2, 0) is 21.1 Å². The van der Waals surface area contributed by atoms with Gasteiger partial charge in [0.15, 0.2) is 9.84 Å². The summed E-state index contributed by atoms with van der Waals surface area (Å²) in [7, 11) is -3.20. The second-order valence-corrected chi connectivity index (χ2v) is 12.1. The molecule has 0 aliphatic carbocycles. The molecule has 1 N–H and O–H groups in total. The Hall–Kier alpha value is -2.33. The van der Waals surface area contributed by atoms with E-state index in [1.54, 1.807) is 36.7 Å². The molecule has 9 heteroatoms. The predicted octanol–water partition coefficient (Wildman–Crippen LogP) is 5.16. The topological polar surface area (TPSA) is 88.6 Å². The number of likely N-dealkylation sites (N-methyl/N-ethyl adjacent to an activating group) is 1. The standard InChI is InChI=1S/C16H14N2O3S2.C11H23NO.H2/c1-23(20,21)13-4-2-11(3-5-13)9-18-16(19)14-8-12-6-7-17-10-15(12)22-14;1-3-5-6-7-8-12(4-2)11-9-13-10-11;/h2-8,10H,9H2,1H3,(H,18,19);11H,3-10H2,1-2H3;1H. The minimum Gasteiger partial charge on any atom is -0.378 e. The first-order valence-electron chi connectivity index (χ1n) is 12.5. The highest BCUT2D eigenvalue weighted by molar-refractivity contribution is 7.90. The molecule has 1 aliphatic heterocycles. The number of rotatable bonds is 11. The Labute approximate surface area is 220 Å². The van der Waals surface area contributed by atoms with Gasteiger partial charge < -0.3 is 10.1 Å². The average Bonchev–Trinajstić information content (AvgIpc) is 3.28. The van der Waals surface area contributed by atoms with Crippen LogP contribution in [0, 0.1) is 0 Å². The first-order valence-corrected chi connectivity index (χ1v) is 15.2. The molecule has 198 valence electrons. The molecule has 2 aromatic heterocycles. The van der Waals surface area contributed by atoms with E-state index in [-0.39, 0.29) is 12.2 Å². The summed E-state index contributed by atoms with van der Waals surface area (Å²) in [4.78, 5) is 19.7. The number of hydrogen-bond donors (Lipinski definition) is 1. The number of benzene rings is 1. The van der Waals surface area contributed by atoms with Crippen LogP contribution in [-0.4, -0.2) is 62.8 Å². The molecule has 1 aromatic carbocycles. The van der Waals surface area contributed by atoms with Crippen molar-refractivity contribution in [3.63, 3.8) is 0 Å². The van der Waals surface area contributed by atoms with Crippen LogP contribution in [0.3, 0.4) is 0 Å². The molecule has 3 heterocycles. The maximum Gasteiger partial charge on any atom is 0.261 e. The number of carbonyl (C=O) groups excluding carboxylic acids is 1. The SMILES string of the molecule is CCCCCCN(CC)C1COC1.CS(=O)(=O)c1ccc(CNC(=O)c2cc3ccncc3s2)cc1.[HH]. The fourth-order valence-electron chi connectivity index (χ4n) is 3.89. The summed E-state index contributed by atoms with van der Waals surface area (Å²) in [6.45, 7) is 9.22. The van der Waals surface area contributed by atoms with Crippen LogP contribution < -0.4 is 5.32 Å². The van der Waals surface area contributed by atoms with Gasteiger partial charge in [-0.1, -0.05) is 45.2 Å². The predicted molar refractivity (Wildman–Crippen MR) is 148 cm³/mol. The van der Waals surface area contributed by atoms with Crippen LogP contribution in [0.4, 0.5) is 0 Å². The summed E-state index contributed by atoms with van der Waals surface area (Å²) in [5.41, 5.74) is 0.841. The normalized spacial score (nSPS) is 13.8. The Morgan fingerprint density at radius 3 is 2.50 bits per heavy atom. The monoisotopic (exact) mass is 533 g/mol. The zero-order chi connectivity index (χ0) is 26.0. The van der Waals surface area contributed by atoms with Crippen molar-refractivity contribution in [2.45, 2.75) is 57.0 Å².